The van der Waals surface area contributed by atoms with E-state index in [1.807, 2.05) is 19.1 Å². The van der Waals surface area contributed by atoms with Crippen molar-refractivity contribution in [2.45, 2.75) is 26.7 Å². The molecule has 1 aromatic heterocycles. The Morgan fingerprint density at radius 2 is 2.08 bits per heavy atom. The molecule has 0 saturated carbocycles. The summed E-state index contributed by atoms with van der Waals surface area (Å²) in [6, 6.07) is 3.73. The molecular weight excluding hydrogens is 150 g/mol. The van der Waals surface area contributed by atoms with E-state index in [4.69, 9.17) is 0 Å². The summed E-state index contributed by atoms with van der Waals surface area (Å²) in [6.45, 7) is 6.03. The molecule has 1 heterocycles. The number of hydrogen-bond acceptors (Lipinski definition) is 2. The third-order valence-corrected chi connectivity index (χ3v) is 1.87. The molecule has 0 atom stereocenters. The SMILES string of the molecule is Cc1nc(C(C)C)ccc1C=O. The summed E-state index contributed by atoms with van der Waals surface area (Å²) in [5.41, 5.74) is 2.54. The number of carbonyl (C=O) groups is 1. The van der Waals surface area contributed by atoms with E-state index in [-0.39, 0.29) is 0 Å². The average molecular weight is 163 g/mol. The summed E-state index contributed by atoms with van der Waals surface area (Å²) in [5.74, 6) is 0.421. The molecule has 1 aromatic rings. The normalized spacial score (nSPS) is 10.3. The van der Waals surface area contributed by atoms with E-state index in [0.717, 1.165) is 17.7 Å². The molecule has 0 saturated heterocycles. The second kappa shape index (κ2) is 3.48. The Kier molecular flexibility index (Phi) is 2.58. The van der Waals surface area contributed by atoms with Crippen LogP contribution in [0, 0.1) is 6.92 Å². The van der Waals surface area contributed by atoms with Gasteiger partial charge in [0.2, 0.25) is 0 Å². The first-order valence-electron chi connectivity index (χ1n) is 4.08. The topological polar surface area (TPSA) is 30.0 Å². The number of aryl methyl sites for hydroxylation is 1. The summed E-state index contributed by atoms with van der Waals surface area (Å²) in [5, 5.41) is 0. The predicted molar refractivity (Wildman–Crippen MR) is 48.5 cm³/mol. The minimum absolute atomic E-state index is 0.421. The Hall–Kier alpha value is -1.18. The Bertz CT molecular complexity index is 292. The van der Waals surface area contributed by atoms with E-state index in [9.17, 15) is 4.79 Å². The third-order valence-electron chi connectivity index (χ3n) is 1.87. The summed E-state index contributed by atoms with van der Waals surface area (Å²) < 4.78 is 0. The summed E-state index contributed by atoms with van der Waals surface area (Å²) >= 11 is 0. The zero-order valence-corrected chi connectivity index (χ0v) is 7.66. The Morgan fingerprint density at radius 3 is 2.50 bits per heavy atom. The maximum atomic E-state index is 10.5. The van der Waals surface area contributed by atoms with Crippen molar-refractivity contribution in [3.8, 4) is 0 Å². The summed E-state index contributed by atoms with van der Waals surface area (Å²) in [6.07, 6.45) is 0.840. The Labute approximate surface area is 72.6 Å². The van der Waals surface area contributed by atoms with E-state index in [0.29, 0.717) is 11.5 Å². The Morgan fingerprint density at radius 1 is 1.42 bits per heavy atom. The summed E-state index contributed by atoms with van der Waals surface area (Å²) in [4.78, 5) is 14.8. The maximum Gasteiger partial charge on any atom is 0.151 e. The van der Waals surface area contributed by atoms with Crippen LogP contribution in [0.15, 0.2) is 12.1 Å². The summed E-state index contributed by atoms with van der Waals surface area (Å²) in [7, 11) is 0. The van der Waals surface area contributed by atoms with Gasteiger partial charge in [-0.2, -0.15) is 0 Å². The molecule has 64 valence electrons. The zero-order valence-electron chi connectivity index (χ0n) is 7.66. The first kappa shape index (κ1) is 8.91. The van der Waals surface area contributed by atoms with Gasteiger partial charge in [-0.1, -0.05) is 13.8 Å². The van der Waals surface area contributed by atoms with Gasteiger partial charge in [-0.15, -0.1) is 0 Å². The first-order chi connectivity index (χ1) is 5.65. The number of aldehydes is 1. The molecule has 0 fully saturated rings. The lowest BCUT2D eigenvalue weighted by molar-refractivity contribution is 0.112. The Balaban J connectivity index is 3.10. The lowest BCUT2D eigenvalue weighted by Crippen LogP contribution is -1.97. The largest absolute Gasteiger partial charge is 0.298 e. The van der Waals surface area contributed by atoms with Gasteiger partial charge in [0.1, 0.15) is 0 Å². The van der Waals surface area contributed by atoms with E-state index in [2.05, 4.69) is 18.8 Å². The van der Waals surface area contributed by atoms with Gasteiger partial charge in [0.05, 0.1) is 0 Å². The minimum atomic E-state index is 0.421. The van der Waals surface area contributed by atoms with Crippen molar-refractivity contribution in [1.82, 2.24) is 4.98 Å². The molecule has 0 radical (unpaired) electrons. The molecule has 0 bridgehead atoms. The van der Waals surface area contributed by atoms with Gasteiger partial charge in [0, 0.05) is 17.0 Å². The molecule has 0 aliphatic carbocycles. The van der Waals surface area contributed by atoms with E-state index >= 15 is 0 Å². The van der Waals surface area contributed by atoms with Gasteiger partial charge < -0.3 is 0 Å². The molecule has 0 spiro atoms. The average Bonchev–Trinajstić information content (AvgIpc) is 2.04. The van der Waals surface area contributed by atoms with Crippen molar-refractivity contribution in [1.29, 1.82) is 0 Å². The van der Waals surface area contributed by atoms with Crippen LogP contribution in [0.3, 0.4) is 0 Å². The quantitative estimate of drug-likeness (QED) is 0.626. The fourth-order valence-electron chi connectivity index (χ4n) is 1.04. The fraction of sp³-hybridized carbons (Fsp3) is 0.400. The van der Waals surface area contributed by atoms with Gasteiger partial charge in [0.15, 0.2) is 6.29 Å². The highest BCUT2D eigenvalue weighted by Gasteiger charge is 2.03. The van der Waals surface area contributed by atoms with Crippen LogP contribution in [-0.4, -0.2) is 11.3 Å². The van der Waals surface area contributed by atoms with Crippen LogP contribution >= 0.6 is 0 Å². The first-order valence-corrected chi connectivity index (χ1v) is 4.08. The number of aromatic nitrogens is 1. The molecule has 0 aliphatic rings. The van der Waals surface area contributed by atoms with Gasteiger partial charge in [0.25, 0.3) is 0 Å². The molecule has 1 rings (SSSR count). The van der Waals surface area contributed by atoms with Crippen molar-refractivity contribution < 1.29 is 4.79 Å². The van der Waals surface area contributed by atoms with Gasteiger partial charge in [-0.3, -0.25) is 9.78 Å². The number of carbonyl (C=O) groups excluding carboxylic acids is 1. The fourth-order valence-corrected chi connectivity index (χ4v) is 1.04. The van der Waals surface area contributed by atoms with Gasteiger partial charge >= 0.3 is 0 Å². The van der Waals surface area contributed by atoms with Crippen LogP contribution in [0.2, 0.25) is 0 Å². The highest BCUT2D eigenvalue weighted by atomic mass is 16.1. The predicted octanol–water partition coefficient (Wildman–Crippen LogP) is 2.33. The highest BCUT2D eigenvalue weighted by Crippen LogP contribution is 2.13. The van der Waals surface area contributed by atoms with Gasteiger partial charge in [-0.05, 0) is 25.0 Å². The van der Waals surface area contributed by atoms with E-state index < -0.39 is 0 Å². The monoisotopic (exact) mass is 163 g/mol. The van der Waals surface area contributed by atoms with Crippen LogP contribution < -0.4 is 0 Å². The lowest BCUT2D eigenvalue weighted by Gasteiger charge is -2.05. The number of pyridine rings is 1. The van der Waals surface area contributed by atoms with Crippen molar-refractivity contribution in [3.63, 3.8) is 0 Å². The van der Waals surface area contributed by atoms with Crippen LogP contribution in [0.25, 0.3) is 0 Å². The molecule has 0 amide bonds. The van der Waals surface area contributed by atoms with Crippen molar-refractivity contribution >= 4 is 6.29 Å². The molecule has 0 unspecified atom stereocenters. The van der Waals surface area contributed by atoms with Crippen molar-refractivity contribution in [2.24, 2.45) is 0 Å². The molecule has 0 N–H and O–H groups in total. The second-order valence-corrected chi connectivity index (χ2v) is 3.18. The molecule has 2 heteroatoms. The van der Waals surface area contributed by atoms with Crippen LogP contribution in [-0.2, 0) is 0 Å². The third kappa shape index (κ3) is 1.70. The maximum absolute atomic E-state index is 10.5. The van der Waals surface area contributed by atoms with Crippen LogP contribution in [0.4, 0.5) is 0 Å². The minimum Gasteiger partial charge on any atom is -0.298 e. The zero-order chi connectivity index (χ0) is 9.14. The standard InChI is InChI=1S/C10H13NO/c1-7(2)10-5-4-9(6-12)8(3)11-10/h4-7H,1-3H3. The molecule has 12 heavy (non-hydrogen) atoms. The second-order valence-electron chi connectivity index (χ2n) is 3.18. The van der Waals surface area contributed by atoms with Crippen LogP contribution in [0.5, 0.6) is 0 Å². The number of hydrogen-bond donors (Lipinski definition) is 0. The van der Waals surface area contributed by atoms with Gasteiger partial charge in [-0.25, -0.2) is 0 Å². The number of nitrogens with zero attached hydrogens (tertiary/aromatic N) is 1. The number of rotatable bonds is 2. The highest BCUT2D eigenvalue weighted by molar-refractivity contribution is 5.76. The molecule has 2 nitrogen and oxygen atoms in total. The van der Waals surface area contributed by atoms with Crippen molar-refractivity contribution in [3.05, 3.63) is 29.1 Å². The van der Waals surface area contributed by atoms with Crippen LogP contribution in [0.1, 0.15) is 41.5 Å². The van der Waals surface area contributed by atoms with Crippen molar-refractivity contribution in [2.75, 3.05) is 0 Å². The van der Waals surface area contributed by atoms with E-state index in [1.165, 1.54) is 0 Å². The van der Waals surface area contributed by atoms with E-state index in [1.54, 1.807) is 0 Å². The lowest BCUT2D eigenvalue weighted by atomic mass is 10.1. The molecule has 0 aliphatic heterocycles. The smallest absolute Gasteiger partial charge is 0.151 e. The molecular formula is C10H13NO. The molecule has 0 aromatic carbocycles.